The van der Waals surface area contributed by atoms with Crippen LogP contribution < -0.4 is 5.56 Å². The van der Waals surface area contributed by atoms with Gasteiger partial charge in [0, 0.05) is 6.42 Å². The third kappa shape index (κ3) is 3.50. The van der Waals surface area contributed by atoms with Gasteiger partial charge in [0.25, 0.3) is 5.56 Å². The lowest BCUT2D eigenvalue weighted by Crippen LogP contribution is -2.25. The van der Waals surface area contributed by atoms with E-state index in [0.29, 0.717) is 44.7 Å². The summed E-state index contributed by atoms with van der Waals surface area (Å²) in [4.78, 5) is 18.3. The minimum absolute atomic E-state index is 0.0383. The molecule has 4 rings (SSSR count). The molecule has 4 aromatic rings. The topological polar surface area (TPSA) is 83.8 Å². The molecule has 0 fully saturated rings. The fraction of sp³-hybridized carbons (Fsp3) is 0.190. The number of rotatable bonds is 4. The Balaban J connectivity index is 2.03. The van der Waals surface area contributed by atoms with E-state index < -0.39 is 0 Å². The summed E-state index contributed by atoms with van der Waals surface area (Å²) in [6, 6.07) is 11.8. The van der Waals surface area contributed by atoms with Crippen molar-refractivity contribution in [3.63, 3.8) is 0 Å². The number of aromatic hydroxyl groups is 1. The molecule has 0 bridgehead atoms. The summed E-state index contributed by atoms with van der Waals surface area (Å²) in [6.45, 7) is 3.93. The van der Waals surface area contributed by atoms with Crippen LogP contribution in [0.15, 0.2) is 47.3 Å². The molecule has 8 heteroatoms. The van der Waals surface area contributed by atoms with Gasteiger partial charge in [-0.15, -0.1) is 0 Å². The maximum Gasteiger partial charge on any atom is 0.269 e. The highest BCUT2D eigenvalue weighted by molar-refractivity contribution is 6.37. The summed E-state index contributed by atoms with van der Waals surface area (Å²) in [5.41, 5.74) is 2.04. The van der Waals surface area contributed by atoms with Gasteiger partial charge in [-0.2, -0.15) is 5.10 Å². The Morgan fingerprint density at radius 2 is 1.76 bits per heavy atom. The lowest BCUT2D eigenvalue weighted by molar-refractivity contribution is 0.475. The van der Waals surface area contributed by atoms with Crippen LogP contribution in [-0.2, 0) is 6.42 Å². The molecule has 2 N–H and O–H groups in total. The van der Waals surface area contributed by atoms with E-state index in [1.54, 1.807) is 42.5 Å². The number of benzene rings is 2. The van der Waals surface area contributed by atoms with E-state index in [2.05, 4.69) is 15.2 Å². The molecule has 0 amide bonds. The quantitative estimate of drug-likeness (QED) is 0.487. The smallest absolute Gasteiger partial charge is 0.269 e. The summed E-state index contributed by atoms with van der Waals surface area (Å²) in [7, 11) is 0. The van der Waals surface area contributed by atoms with Crippen molar-refractivity contribution >= 4 is 34.2 Å². The molecule has 0 spiro atoms. The Hall–Kier alpha value is -2.83. The van der Waals surface area contributed by atoms with Gasteiger partial charge in [-0.1, -0.05) is 55.2 Å². The van der Waals surface area contributed by atoms with E-state index in [4.69, 9.17) is 23.2 Å². The van der Waals surface area contributed by atoms with Crippen molar-refractivity contribution in [2.24, 2.45) is 0 Å². The van der Waals surface area contributed by atoms with Crippen LogP contribution in [0.1, 0.15) is 36.8 Å². The highest BCUT2D eigenvalue weighted by atomic mass is 35.5. The predicted octanol–water partition coefficient (Wildman–Crippen LogP) is 4.84. The summed E-state index contributed by atoms with van der Waals surface area (Å²) >= 11 is 12.9. The van der Waals surface area contributed by atoms with Gasteiger partial charge in [0.2, 0.25) is 0 Å². The van der Waals surface area contributed by atoms with Gasteiger partial charge in [0.05, 0.1) is 21.4 Å². The maximum absolute atomic E-state index is 13.6. The van der Waals surface area contributed by atoms with Crippen molar-refractivity contribution in [1.82, 2.24) is 19.7 Å². The molecule has 29 heavy (non-hydrogen) atoms. The Morgan fingerprint density at radius 1 is 1.10 bits per heavy atom. The molecule has 148 valence electrons. The Labute approximate surface area is 176 Å². The molecule has 0 saturated carbocycles. The molecule has 0 aliphatic heterocycles. The molecule has 6 nitrogen and oxygen atoms in total. The highest BCUT2D eigenvalue weighted by Crippen LogP contribution is 2.30. The molecule has 0 aliphatic carbocycles. The van der Waals surface area contributed by atoms with Crippen LogP contribution in [0.3, 0.4) is 0 Å². The van der Waals surface area contributed by atoms with E-state index in [-0.39, 0.29) is 17.2 Å². The monoisotopic (exact) mass is 428 g/mol. The van der Waals surface area contributed by atoms with Gasteiger partial charge in [-0.25, -0.2) is 4.98 Å². The van der Waals surface area contributed by atoms with Gasteiger partial charge in [-0.3, -0.25) is 14.5 Å². The number of nitrogens with one attached hydrogen (secondary N) is 1. The number of hydrogen-bond acceptors (Lipinski definition) is 4. The summed E-state index contributed by atoms with van der Waals surface area (Å²) in [6.07, 6.45) is 0.336. The summed E-state index contributed by atoms with van der Waals surface area (Å²) in [5.74, 6) is 0.664. The highest BCUT2D eigenvalue weighted by Gasteiger charge is 2.22. The number of para-hydroxylation sites is 1. The van der Waals surface area contributed by atoms with Crippen LogP contribution in [0.4, 0.5) is 0 Å². The van der Waals surface area contributed by atoms with E-state index in [9.17, 15) is 9.90 Å². The second-order valence-electron chi connectivity index (χ2n) is 7.07. The van der Waals surface area contributed by atoms with Crippen LogP contribution in [0.5, 0.6) is 5.75 Å². The molecule has 2 aromatic heterocycles. The van der Waals surface area contributed by atoms with Crippen LogP contribution in [0.2, 0.25) is 10.0 Å². The number of halogens is 2. The standard InChI is InChI=1S/C21H18Cl2N4O2/c1-11(2)18-17-20(26-25-18)24-16(10-12-6-8-13(28)9-7-12)27(21(17)29)19-14(22)4-3-5-15(19)23/h3-9,11,28H,10H2,1-2H3,(H,25,26). The van der Waals surface area contributed by atoms with Crippen molar-refractivity contribution in [2.75, 3.05) is 0 Å². The number of aromatic amines is 1. The van der Waals surface area contributed by atoms with Crippen LogP contribution in [-0.4, -0.2) is 24.9 Å². The first-order chi connectivity index (χ1) is 13.9. The fourth-order valence-corrected chi connectivity index (χ4v) is 3.88. The summed E-state index contributed by atoms with van der Waals surface area (Å²) in [5, 5.41) is 17.8. The van der Waals surface area contributed by atoms with E-state index >= 15 is 0 Å². The average Bonchev–Trinajstić information content (AvgIpc) is 3.10. The van der Waals surface area contributed by atoms with Crippen LogP contribution in [0.25, 0.3) is 16.7 Å². The predicted molar refractivity (Wildman–Crippen MR) is 115 cm³/mol. The molecular weight excluding hydrogens is 411 g/mol. The zero-order valence-corrected chi connectivity index (χ0v) is 17.3. The zero-order valence-electron chi connectivity index (χ0n) is 15.8. The number of phenols is 1. The molecule has 2 heterocycles. The van der Waals surface area contributed by atoms with Gasteiger partial charge in [0.15, 0.2) is 5.65 Å². The van der Waals surface area contributed by atoms with E-state index in [1.165, 1.54) is 4.57 Å². The molecule has 0 atom stereocenters. The van der Waals surface area contributed by atoms with E-state index in [1.807, 2.05) is 13.8 Å². The Bertz CT molecular complexity index is 1240. The van der Waals surface area contributed by atoms with E-state index in [0.717, 1.165) is 5.56 Å². The van der Waals surface area contributed by atoms with Crippen molar-refractivity contribution in [3.8, 4) is 11.4 Å². The molecule has 0 radical (unpaired) electrons. The third-order valence-electron chi connectivity index (χ3n) is 4.70. The summed E-state index contributed by atoms with van der Waals surface area (Å²) < 4.78 is 1.46. The fourth-order valence-electron chi connectivity index (χ4n) is 3.31. The number of fused-ring (bicyclic) bond motifs is 1. The second-order valence-corrected chi connectivity index (χ2v) is 7.88. The zero-order chi connectivity index (χ0) is 20.7. The number of phenolic OH excluding ortho intramolecular Hbond substituents is 1. The van der Waals surface area contributed by atoms with Crippen LogP contribution in [0, 0.1) is 0 Å². The molecule has 2 aromatic carbocycles. The maximum atomic E-state index is 13.6. The van der Waals surface area contributed by atoms with Crippen LogP contribution >= 0.6 is 23.2 Å². The number of aromatic nitrogens is 4. The molecule has 0 saturated heterocycles. The lowest BCUT2D eigenvalue weighted by Gasteiger charge is -2.15. The SMILES string of the molecule is CC(C)c1n[nH]c2nc(Cc3ccc(O)cc3)n(-c3c(Cl)cccc3Cl)c(=O)c12. The Morgan fingerprint density at radius 3 is 2.38 bits per heavy atom. The van der Waals surface area contributed by atoms with Crippen molar-refractivity contribution < 1.29 is 5.11 Å². The number of H-pyrrole nitrogens is 1. The third-order valence-corrected chi connectivity index (χ3v) is 5.31. The first-order valence-corrected chi connectivity index (χ1v) is 9.84. The minimum Gasteiger partial charge on any atom is -0.508 e. The van der Waals surface area contributed by atoms with Gasteiger partial charge >= 0.3 is 0 Å². The van der Waals surface area contributed by atoms with Crippen molar-refractivity contribution in [1.29, 1.82) is 0 Å². The average molecular weight is 429 g/mol. The first kappa shape index (κ1) is 19.5. The van der Waals surface area contributed by atoms with Gasteiger partial charge < -0.3 is 5.11 Å². The second kappa shape index (κ2) is 7.54. The Kier molecular flexibility index (Phi) is 5.06. The largest absolute Gasteiger partial charge is 0.508 e. The number of nitrogens with zero attached hydrogens (tertiary/aromatic N) is 3. The molecular formula is C21H18Cl2N4O2. The lowest BCUT2D eigenvalue weighted by atomic mass is 10.1. The molecule has 0 unspecified atom stereocenters. The van der Waals surface area contributed by atoms with Crippen molar-refractivity contribution in [3.05, 3.63) is 79.9 Å². The minimum atomic E-state index is -0.281. The van der Waals surface area contributed by atoms with Crippen molar-refractivity contribution in [2.45, 2.75) is 26.2 Å². The first-order valence-electron chi connectivity index (χ1n) is 9.09. The van der Waals surface area contributed by atoms with Gasteiger partial charge in [-0.05, 0) is 35.7 Å². The number of hydrogen-bond donors (Lipinski definition) is 2. The van der Waals surface area contributed by atoms with Gasteiger partial charge in [0.1, 0.15) is 17.0 Å². The molecule has 0 aliphatic rings. The normalized spacial score (nSPS) is 11.5.